The molecule has 2 aromatic rings. The fourth-order valence-electron chi connectivity index (χ4n) is 2.12. The Kier molecular flexibility index (Phi) is 5.28. The third-order valence-electron chi connectivity index (χ3n) is 3.20. The number of hydrogen-bond donors (Lipinski definition) is 0. The summed E-state index contributed by atoms with van der Waals surface area (Å²) >= 11 is 5.99. The molecular weight excluding hydrogens is 338 g/mol. The van der Waals surface area contributed by atoms with Crippen molar-refractivity contribution in [2.24, 2.45) is 0 Å². The van der Waals surface area contributed by atoms with Gasteiger partial charge in [0.2, 0.25) is 10.0 Å². The lowest BCUT2D eigenvalue weighted by Gasteiger charge is -2.24. The lowest BCUT2D eigenvalue weighted by molar-refractivity contribution is 0.0601. The van der Waals surface area contributed by atoms with Gasteiger partial charge in [0.25, 0.3) is 0 Å². The van der Waals surface area contributed by atoms with Crippen molar-refractivity contribution in [1.29, 1.82) is 0 Å². The Labute approximate surface area is 140 Å². The molecule has 0 heterocycles. The van der Waals surface area contributed by atoms with E-state index in [1.165, 1.54) is 25.3 Å². The van der Waals surface area contributed by atoms with Crippen LogP contribution in [-0.4, -0.2) is 27.8 Å². The lowest BCUT2D eigenvalue weighted by atomic mass is 10.1. The molecule has 7 heteroatoms. The number of nitrogens with zero attached hydrogens (tertiary/aromatic N) is 1. The molecule has 2 rings (SSSR count). The predicted octanol–water partition coefficient (Wildman–Crippen LogP) is 3.09. The first-order valence-corrected chi connectivity index (χ1v) is 8.95. The zero-order valence-electron chi connectivity index (χ0n) is 12.7. The summed E-state index contributed by atoms with van der Waals surface area (Å²) < 4.78 is 30.3. The number of hydrogen-bond acceptors (Lipinski definition) is 4. The Morgan fingerprint density at radius 1 is 1.17 bits per heavy atom. The maximum absolute atomic E-state index is 12.2. The molecule has 0 spiro atoms. The molecule has 0 aromatic heterocycles. The number of carbonyl (C=O) groups excluding carboxylic acids is 1. The van der Waals surface area contributed by atoms with E-state index in [1.54, 1.807) is 12.1 Å². The van der Waals surface area contributed by atoms with Gasteiger partial charge in [-0.3, -0.25) is 4.31 Å². The Bertz CT molecular complexity index is 806. The average Bonchev–Trinajstić information content (AvgIpc) is 2.51. The van der Waals surface area contributed by atoms with Crippen molar-refractivity contribution >= 4 is 33.3 Å². The standard InChI is InChI=1S/C16H16ClNO4S/c1-22-16(19)14-9-8-13(17)10-15(14)18(23(2,20)21)11-12-6-4-3-5-7-12/h3-10H,11H2,1-2H3. The van der Waals surface area contributed by atoms with E-state index < -0.39 is 16.0 Å². The number of esters is 1. The summed E-state index contributed by atoms with van der Waals surface area (Å²) in [5, 5.41) is 0.328. The minimum atomic E-state index is -3.63. The van der Waals surface area contributed by atoms with E-state index in [0.717, 1.165) is 16.1 Å². The van der Waals surface area contributed by atoms with Gasteiger partial charge in [-0.05, 0) is 23.8 Å². The first kappa shape index (κ1) is 17.3. The fraction of sp³-hybridized carbons (Fsp3) is 0.188. The van der Waals surface area contributed by atoms with E-state index in [0.29, 0.717) is 5.02 Å². The summed E-state index contributed by atoms with van der Waals surface area (Å²) in [5.74, 6) is -0.627. The molecular formula is C16H16ClNO4S. The van der Waals surface area contributed by atoms with Crippen LogP contribution >= 0.6 is 11.6 Å². The summed E-state index contributed by atoms with van der Waals surface area (Å²) in [7, 11) is -2.39. The average molecular weight is 354 g/mol. The van der Waals surface area contributed by atoms with Crippen molar-refractivity contribution in [3.8, 4) is 0 Å². The van der Waals surface area contributed by atoms with E-state index in [-0.39, 0.29) is 17.8 Å². The van der Waals surface area contributed by atoms with E-state index in [2.05, 4.69) is 0 Å². The summed E-state index contributed by atoms with van der Waals surface area (Å²) in [6.45, 7) is 0.0873. The second-order valence-electron chi connectivity index (χ2n) is 4.91. The van der Waals surface area contributed by atoms with Crippen LogP contribution in [0.15, 0.2) is 48.5 Å². The largest absolute Gasteiger partial charge is 0.465 e. The topological polar surface area (TPSA) is 63.7 Å². The van der Waals surface area contributed by atoms with Crippen LogP contribution in [0.3, 0.4) is 0 Å². The van der Waals surface area contributed by atoms with Crippen molar-refractivity contribution in [1.82, 2.24) is 0 Å². The van der Waals surface area contributed by atoms with E-state index in [4.69, 9.17) is 16.3 Å². The highest BCUT2D eigenvalue weighted by Crippen LogP contribution is 2.29. The first-order valence-electron chi connectivity index (χ1n) is 6.72. The van der Waals surface area contributed by atoms with E-state index in [1.807, 2.05) is 18.2 Å². The highest BCUT2D eigenvalue weighted by atomic mass is 35.5. The molecule has 0 atom stereocenters. The molecule has 0 bridgehead atoms. The van der Waals surface area contributed by atoms with Crippen molar-refractivity contribution in [3.63, 3.8) is 0 Å². The molecule has 0 aliphatic heterocycles. The van der Waals surface area contributed by atoms with Gasteiger partial charge in [-0.25, -0.2) is 13.2 Å². The Hall–Kier alpha value is -2.05. The molecule has 122 valence electrons. The van der Waals surface area contributed by atoms with Crippen molar-refractivity contribution in [2.75, 3.05) is 17.7 Å². The number of sulfonamides is 1. The third-order valence-corrected chi connectivity index (χ3v) is 4.56. The molecule has 0 radical (unpaired) electrons. The first-order chi connectivity index (χ1) is 10.8. The smallest absolute Gasteiger partial charge is 0.340 e. The lowest BCUT2D eigenvalue weighted by Crippen LogP contribution is -2.31. The quantitative estimate of drug-likeness (QED) is 0.775. The number of carbonyl (C=O) groups is 1. The molecule has 2 aromatic carbocycles. The molecule has 0 unspecified atom stereocenters. The Balaban J connectivity index is 2.56. The molecule has 0 saturated carbocycles. The van der Waals surface area contributed by atoms with Crippen molar-refractivity contribution in [3.05, 3.63) is 64.7 Å². The van der Waals surface area contributed by atoms with Crippen LogP contribution in [0, 0.1) is 0 Å². The number of halogens is 1. The fourth-order valence-corrected chi connectivity index (χ4v) is 3.18. The van der Waals surface area contributed by atoms with Gasteiger partial charge in [-0.2, -0.15) is 0 Å². The minimum absolute atomic E-state index is 0.0873. The number of ether oxygens (including phenoxy) is 1. The summed E-state index contributed by atoms with van der Waals surface area (Å²) in [6, 6.07) is 13.5. The molecule has 5 nitrogen and oxygen atoms in total. The normalized spacial score (nSPS) is 11.1. The van der Waals surface area contributed by atoms with Gasteiger partial charge >= 0.3 is 5.97 Å². The molecule has 0 N–H and O–H groups in total. The molecule has 0 amide bonds. The van der Waals surface area contributed by atoms with E-state index in [9.17, 15) is 13.2 Å². The minimum Gasteiger partial charge on any atom is -0.465 e. The Morgan fingerprint density at radius 3 is 2.39 bits per heavy atom. The van der Waals surface area contributed by atoms with Crippen LogP contribution in [-0.2, 0) is 21.3 Å². The second kappa shape index (κ2) is 7.02. The highest BCUT2D eigenvalue weighted by Gasteiger charge is 2.24. The van der Waals surface area contributed by atoms with E-state index >= 15 is 0 Å². The van der Waals surface area contributed by atoms with Gasteiger partial charge in [0.1, 0.15) is 0 Å². The summed E-state index contributed by atoms with van der Waals surface area (Å²) in [5.41, 5.74) is 1.11. The summed E-state index contributed by atoms with van der Waals surface area (Å²) in [6.07, 6.45) is 1.08. The second-order valence-corrected chi connectivity index (χ2v) is 7.25. The zero-order valence-corrected chi connectivity index (χ0v) is 14.3. The van der Waals surface area contributed by atoms with Crippen LogP contribution in [0.2, 0.25) is 5.02 Å². The van der Waals surface area contributed by atoms with Gasteiger partial charge in [0.05, 0.1) is 31.2 Å². The summed E-state index contributed by atoms with van der Waals surface area (Å²) in [4.78, 5) is 11.9. The van der Waals surface area contributed by atoms with Gasteiger partial charge in [0.15, 0.2) is 0 Å². The predicted molar refractivity (Wildman–Crippen MR) is 90.3 cm³/mol. The number of benzene rings is 2. The number of rotatable bonds is 5. The van der Waals surface area contributed by atoms with Crippen LogP contribution in [0.5, 0.6) is 0 Å². The number of methoxy groups -OCH3 is 1. The van der Waals surface area contributed by atoms with Gasteiger partial charge in [-0.15, -0.1) is 0 Å². The van der Waals surface area contributed by atoms with Gasteiger partial charge < -0.3 is 4.74 Å². The molecule has 0 aliphatic carbocycles. The van der Waals surface area contributed by atoms with Crippen LogP contribution in [0.1, 0.15) is 15.9 Å². The van der Waals surface area contributed by atoms with Gasteiger partial charge in [0, 0.05) is 5.02 Å². The molecule has 0 saturated heterocycles. The molecule has 0 aliphatic rings. The van der Waals surface area contributed by atoms with Crippen molar-refractivity contribution < 1.29 is 17.9 Å². The monoisotopic (exact) mass is 353 g/mol. The van der Waals surface area contributed by atoms with Crippen LogP contribution in [0.25, 0.3) is 0 Å². The molecule has 0 fully saturated rings. The highest BCUT2D eigenvalue weighted by molar-refractivity contribution is 7.92. The molecule has 23 heavy (non-hydrogen) atoms. The maximum atomic E-state index is 12.2. The van der Waals surface area contributed by atoms with Crippen LogP contribution < -0.4 is 4.31 Å². The Morgan fingerprint density at radius 2 is 1.83 bits per heavy atom. The zero-order chi connectivity index (χ0) is 17.0. The maximum Gasteiger partial charge on any atom is 0.340 e. The number of anilines is 1. The SMILES string of the molecule is COC(=O)c1ccc(Cl)cc1N(Cc1ccccc1)S(C)(=O)=O. The van der Waals surface area contributed by atoms with Crippen LogP contribution in [0.4, 0.5) is 5.69 Å². The van der Waals surface area contributed by atoms with Crippen molar-refractivity contribution in [2.45, 2.75) is 6.54 Å². The third kappa shape index (κ3) is 4.24. The van der Waals surface area contributed by atoms with Gasteiger partial charge in [-0.1, -0.05) is 41.9 Å².